The molecular weight excluding hydrogens is 282 g/mol. The molecule has 2 nitrogen and oxygen atoms in total. The van der Waals surface area contributed by atoms with Crippen LogP contribution >= 0.6 is 11.8 Å². The molecule has 2 aromatic rings. The van der Waals surface area contributed by atoms with Gasteiger partial charge < -0.3 is 5.11 Å². The fraction of sp³-hybridized carbons (Fsp3) is 0.133. The Bertz CT molecular complexity index is 656. The van der Waals surface area contributed by atoms with Crippen molar-refractivity contribution in [3.8, 4) is 0 Å². The van der Waals surface area contributed by atoms with Gasteiger partial charge in [-0.1, -0.05) is 6.07 Å². The van der Waals surface area contributed by atoms with Crippen LogP contribution in [-0.2, 0) is 5.75 Å². The summed E-state index contributed by atoms with van der Waals surface area (Å²) in [5.41, 5.74) is 1.72. The van der Waals surface area contributed by atoms with Gasteiger partial charge in [-0.3, -0.25) is 0 Å². The number of hydrogen-bond acceptors (Lipinski definition) is 2. The Kier molecular flexibility index (Phi) is 4.39. The third-order valence-electron chi connectivity index (χ3n) is 2.87. The summed E-state index contributed by atoms with van der Waals surface area (Å²) >= 11 is 1.19. The maximum atomic E-state index is 13.6. The van der Waals surface area contributed by atoms with Gasteiger partial charge >= 0.3 is 5.97 Å². The van der Waals surface area contributed by atoms with Crippen molar-refractivity contribution in [2.45, 2.75) is 17.6 Å². The molecule has 0 amide bonds. The van der Waals surface area contributed by atoms with Crippen molar-refractivity contribution in [3.05, 3.63) is 64.7 Å². The second kappa shape index (κ2) is 6.05. The smallest absolute Gasteiger partial charge is 0.335 e. The number of aromatic carboxylic acids is 1. The highest BCUT2D eigenvalue weighted by Crippen LogP contribution is 2.28. The van der Waals surface area contributed by atoms with E-state index in [9.17, 15) is 13.6 Å². The fourth-order valence-corrected chi connectivity index (χ4v) is 2.77. The van der Waals surface area contributed by atoms with Crippen LogP contribution in [0.2, 0.25) is 0 Å². The number of carbonyl (C=O) groups is 1. The number of aryl methyl sites for hydroxylation is 1. The number of halogens is 2. The summed E-state index contributed by atoms with van der Waals surface area (Å²) in [7, 11) is 0. The van der Waals surface area contributed by atoms with Gasteiger partial charge in [-0.15, -0.1) is 11.8 Å². The highest BCUT2D eigenvalue weighted by Gasteiger charge is 2.10. The van der Waals surface area contributed by atoms with Crippen LogP contribution < -0.4 is 0 Å². The first-order valence-electron chi connectivity index (χ1n) is 5.88. The Morgan fingerprint density at radius 2 is 1.95 bits per heavy atom. The van der Waals surface area contributed by atoms with E-state index < -0.39 is 11.8 Å². The van der Waals surface area contributed by atoms with Crippen LogP contribution in [0, 0.1) is 18.6 Å². The molecule has 0 saturated carbocycles. The van der Waals surface area contributed by atoms with Crippen molar-refractivity contribution in [2.75, 3.05) is 0 Å². The van der Waals surface area contributed by atoms with Gasteiger partial charge in [-0.2, -0.15) is 0 Å². The summed E-state index contributed by atoms with van der Waals surface area (Å²) in [5.74, 6) is -1.41. The van der Waals surface area contributed by atoms with E-state index in [4.69, 9.17) is 5.11 Å². The zero-order chi connectivity index (χ0) is 14.7. The molecule has 20 heavy (non-hydrogen) atoms. The Morgan fingerprint density at radius 1 is 1.20 bits per heavy atom. The van der Waals surface area contributed by atoms with E-state index in [1.165, 1.54) is 36.0 Å². The highest BCUT2D eigenvalue weighted by atomic mass is 32.2. The van der Waals surface area contributed by atoms with Crippen LogP contribution in [-0.4, -0.2) is 11.1 Å². The monoisotopic (exact) mass is 294 g/mol. The van der Waals surface area contributed by atoms with Crippen LogP contribution in [0.5, 0.6) is 0 Å². The SMILES string of the molecule is Cc1cc(F)ccc1CSc1cc(C(=O)O)ccc1F. The number of rotatable bonds is 4. The van der Waals surface area contributed by atoms with E-state index in [0.717, 1.165) is 17.2 Å². The number of hydrogen-bond donors (Lipinski definition) is 1. The second-order valence-electron chi connectivity index (χ2n) is 4.31. The van der Waals surface area contributed by atoms with Gasteiger partial charge in [0.2, 0.25) is 0 Å². The molecule has 0 aliphatic heterocycles. The predicted octanol–water partition coefficient (Wildman–Crippen LogP) is 4.26. The molecule has 0 aromatic heterocycles. The molecule has 0 atom stereocenters. The first-order chi connectivity index (χ1) is 9.47. The molecule has 2 aromatic carbocycles. The van der Waals surface area contributed by atoms with E-state index in [1.807, 2.05) is 0 Å². The van der Waals surface area contributed by atoms with Gasteiger partial charge in [0.1, 0.15) is 11.6 Å². The largest absolute Gasteiger partial charge is 0.478 e. The van der Waals surface area contributed by atoms with E-state index >= 15 is 0 Å². The van der Waals surface area contributed by atoms with Crippen LogP contribution in [0.25, 0.3) is 0 Å². The van der Waals surface area contributed by atoms with Gasteiger partial charge in [0.05, 0.1) is 5.56 Å². The molecule has 0 heterocycles. The topological polar surface area (TPSA) is 37.3 Å². The lowest BCUT2D eigenvalue weighted by atomic mass is 10.1. The van der Waals surface area contributed by atoms with Crippen molar-refractivity contribution in [3.63, 3.8) is 0 Å². The Labute approximate surface area is 119 Å². The average Bonchev–Trinajstić information content (AvgIpc) is 2.39. The number of thioether (sulfide) groups is 1. The molecule has 0 unspecified atom stereocenters. The van der Waals surface area contributed by atoms with Gasteiger partial charge in [0.15, 0.2) is 0 Å². The van der Waals surface area contributed by atoms with E-state index in [1.54, 1.807) is 13.0 Å². The van der Waals surface area contributed by atoms with Crippen molar-refractivity contribution < 1.29 is 18.7 Å². The van der Waals surface area contributed by atoms with Crippen molar-refractivity contribution >= 4 is 17.7 Å². The normalized spacial score (nSPS) is 10.6. The fourth-order valence-electron chi connectivity index (χ4n) is 1.72. The summed E-state index contributed by atoms with van der Waals surface area (Å²) < 4.78 is 26.6. The molecule has 0 fully saturated rings. The number of carboxylic acids is 1. The molecular formula is C15H12F2O2S. The second-order valence-corrected chi connectivity index (χ2v) is 5.33. The summed E-state index contributed by atoms with van der Waals surface area (Å²) in [5, 5.41) is 8.89. The average molecular weight is 294 g/mol. The predicted molar refractivity (Wildman–Crippen MR) is 74.1 cm³/mol. The molecule has 0 radical (unpaired) electrons. The Hall–Kier alpha value is -1.88. The Balaban J connectivity index is 2.18. The summed E-state index contributed by atoms with van der Waals surface area (Å²) in [6, 6.07) is 8.10. The van der Waals surface area contributed by atoms with Gasteiger partial charge in [0.25, 0.3) is 0 Å². The van der Waals surface area contributed by atoms with Gasteiger partial charge in [-0.25, -0.2) is 13.6 Å². The maximum Gasteiger partial charge on any atom is 0.335 e. The van der Waals surface area contributed by atoms with Crippen LogP contribution in [0.1, 0.15) is 21.5 Å². The molecule has 0 saturated heterocycles. The van der Waals surface area contributed by atoms with Gasteiger partial charge in [0, 0.05) is 10.6 Å². The first kappa shape index (κ1) is 14.5. The number of carboxylic acid groups (broad SMARTS) is 1. The third kappa shape index (κ3) is 3.36. The third-order valence-corrected chi connectivity index (χ3v) is 3.95. The number of benzene rings is 2. The lowest BCUT2D eigenvalue weighted by molar-refractivity contribution is 0.0696. The molecule has 0 spiro atoms. The van der Waals surface area contributed by atoms with Crippen molar-refractivity contribution in [1.82, 2.24) is 0 Å². The maximum absolute atomic E-state index is 13.6. The van der Waals surface area contributed by atoms with Crippen LogP contribution in [0.15, 0.2) is 41.3 Å². The molecule has 5 heteroatoms. The minimum Gasteiger partial charge on any atom is -0.478 e. The lowest BCUT2D eigenvalue weighted by Gasteiger charge is -2.07. The summed E-state index contributed by atoms with van der Waals surface area (Å²) in [6.07, 6.45) is 0. The molecule has 0 aliphatic carbocycles. The molecule has 0 bridgehead atoms. The van der Waals surface area contributed by atoms with E-state index in [0.29, 0.717) is 5.75 Å². The molecule has 0 aliphatic rings. The summed E-state index contributed by atoms with van der Waals surface area (Å²) in [4.78, 5) is 11.1. The van der Waals surface area contributed by atoms with Crippen molar-refractivity contribution in [2.24, 2.45) is 0 Å². The standard InChI is InChI=1S/C15H12F2O2S/c1-9-6-12(16)4-2-11(9)8-20-14-7-10(15(18)19)3-5-13(14)17/h2-7H,8H2,1H3,(H,18,19). The quantitative estimate of drug-likeness (QED) is 0.856. The summed E-state index contributed by atoms with van der Waals surface area (Å²) in [6.45, 7) is 1.78. The highest BCUT2D eigenvalue weighted by molar-refractivity contribution is 7.98. The van der Waals surface area contributed by atoms with Crippen molar-refractivity contribution in [1.29, 1.82) is 0 Å². The molecule has 2 rings (SSSR count). The zero-order valence-corrected chi connectivity index (χ0v) is 11.5. The van der Waals surface area contributed by atoms with Gasteiger partial charge in [-0.05, 0) is 48.4 Å². The Morgan fingerprint density at radius 3 is 2.60 bits per heavy atom. The lowest BCUT2D eigenvalue weighted by Crippen LogP contribution is -1.97. The first-order valence-corrected chi connectivity index (χ1v) is 6.86. The minimum absolute atomic E-state index is 0.0460. The molecule has 104 valence electrons. The zero-order valence-electron chi connectivity index (χ0n) is 10.7. The van der Waals surface area contributed by atoms with E-state index in [2.05, 4.69) is 0 Å². The minimum atomic E-state index is -1.09. The van der Waals surface area contributed by atoms with Crippen LogP contribution in [0.4, 0.5) is 8.78 Å². The van der Waals surface area contributed by atoms with E-state index in [-0.39, 0.29) is 16.3 Å². The van der Waals surface area contributed by atoms with Crippen LogP contribution in [0.3, 0.4) is 0 Å². The molecule has 1 N–H and O–H groups in total.